The predicted molar refractivity (Wildman–Crippen MR) is 79.1 cm³/mol. The van der Waals surface area contributed by atoms with Crippen LogP contribution in [0.3, 0.4) is 0 Å². The Morgan fingerprint density at radius 3 is 1.53 bits per heavy atom. The number of methoxy groups -OCH3 is 1. The highest BCUT2D eigenvalue weighted by atomic mass is 16.6. The summed E-state index contributed by atoms with van der Waals surface area (Å²) in [5.41, 5.74) is 4.42. The number of nitrogens with one attached hydrogen (secondary N) is 1. The highest BCUT2D eigenvalue weighted by Gasteiger charge is 2.13. The Morgan fingerprint density at radius 1 is 1.11 bits per heavy atom. The minimum absolute atomic E-state index is 0.0312. The third-order valence-corrected chi connectivity index (χ3v) is 0.997. The first-order chi connectivity index (χ1) is 8.76. The second-order valence-electron chi connectivity index (χ2n) is 3.53. The van der Waals surface area contributed by atoms with Crippen molar-refractivity contribution in [2.75, 3.05) is 20.7 Å². The molecule has 0 aliphatic heterocycles. The van der Waals surface area contributed by atoms with E-state index in [2.05, 4.69) is 10.1 Å². The molecule has 0 heterocycles. The number of amides is 1. The lowest BCUT2D eigenvalue weighted by atomic mass is 10.2. The molecule has 0 bridgehead atoms. The molecule has 19 heavy (non-hydrogen) atoms. The van der Waals surface area contributed by atoms with Gasteiger partial charge in [-0.15, -0.1) is 0 Å². The first kappa shape index (κ1) is 26.3. The summed E-state index contributed by atoms with van der Waals surface area (Å²) in [6.07, 6.45) is -0.387. The summed E-state index contributed by atoms with van der Waals surface area (Å²) < 4.78 is 8.97. The summed E-state index contributed by atoms with van der Waals surface area (Å²) in [4.78, 5) is 20.3. The molecule has 0 atom stereocenters. The Morgan fingerprint density at radius 2 is 1.47 bits per heavy atom. The molecule has 0 saturated carbocycles. The molecule has 0 spiro atoms. The van der Waals surface area contributed by atoms with Gasteiger partial charge in [0, 0.05) is 7.05 Å². The number of nitrogens with two attached hydrogens (primary N) is 1. The Kier molecular flexibility index (Phi) is 26.4. The lowest BCUT2D eigenvalue weighted by molar-refractivity contribution is -0.138. The second-order valence-corrected chi connectivity index (χ2v) is 3.53. The van der Waals surface area contributed by atoms with Gasteiger partial charge in [-0.05, 0) is 20.8 Å². The molecule has 0 unspecified atom stereocenters. The van der Waals surface area contributed by atoms with Gasteiger partial charge in [0.25, 0.3) is 0 Å². The monoisotopic (exact) mass is 280 g/mol. The standard InChI is InChI=1S/C6H13NO2.C3H7NO2.2C2H6/c1-6(2,3)9-5(8)7-4;1-6-3(5)2-4;2*1-2/h1-4H3,(H,7,8);2,4H2,1H3;2*1-2H3. The van der Waals surface area contributed by atoms with E-state index in [1.807, 2.05) is 48.5 Å². The van der Waals surface area contributed by atoms with Crippen LogP contribution >= 0.6 is 0 Å². The van der Waals surface area contributed by atoms with Gasteiger partial charge < -0.3 is 20.5 Å². The van der Waals surface area contributed by atoms with Gasteiger partial charge in [0.05, 0.1) is 13.7 Å². The lowest BCUT2D eigenvalue weighted by Crippen LogP contribution is -2.30. The molecule has 0 aromatic carbocycles. The molecule has 6 heteroatoms. The Balaban J connectivity index is -0.0000000977. The molecule has 118 valence electrons. The Bertz CT molecular complexity index is 195. The molecule has 0 aliphatic carbocycles. The van der Waals surface area contributed by atoms with Crippen LogP contribution in [0.2, 0.25) is 0 Å². The van der Waals surface area contributed by atoms with Crippen molar-refractivity contribution in [1.29, 1.82) is 0 Å². The minimum Gasteiger partial charge on any atom is -0.468 e. The van der Waals surface area contributed by atoms with Crippen molar-refractivity contribution in [3.63, 3.8) is 0 Å². The largest absolute Gasteiger partial charge is 0.468 e. The summed E-state index contributed by atoms with van der Waals surface area (Å²) in [6, 6.07) is 0. The fourth-order valence-electron chi connectivity index (χ4n) is 0.412. The van der Waals surface area contributed by atoms with E-state index >= 15 is 0 Å². The van der Waals surface area contributed by atoms with Gasteiger partial charge in [-0.2, -0.15) is 0 Å². The van der Waals surface area contributed by atoms with Crippen molar-refractivity contribution in [3.05, 3.63) is 0 Å². The number of hydrogen-bond donors (Lipinski definition) is 2. The number of esters is 1. The van der Waals surface area contributed by atoms with E-state index in [4.69, 9.17) is 10.5 Å². The van der Waals surface area contributed by atoms with Crippen molar-refractivity contribution in [2.45, 2.75) is 54.1 Å². The highest BCUT2D eigenvalue weighted by molar-refractivity contribution is 5.71. The maximum absolute atomic E-state index is 10.5. The number of ether oxygens (including phenoxy) is 2. The minimum atomic E-state index is -0.389. The van der Waals surface area contributed by atoms with Crippen molar-refractivity contribution in [1.82, 2.24) is 5.32 Å². The Hall–Kier alpha value is -1.30. The predicted octanol–water partition coefficient (Wildman–Crippen LogP) is 2.31. The van der Waals surface area contributed by atoms with Gasteiger partial charge in [-0.3, -0.25) is 4.79 Å². The van der Waals surface area contributed by atoms with Crippen molar-refractivity contribution in [3.8, 4) is 0 Å². The number of alkyl carbamates (subject to hydrolysis) is 1. The maximum Gasteiger partial charge on any atom is 0.407 e. The molecule has 0 aromatic rings. The Labute approximate surface area is 118 Å². The quantitative estimate of drug-likeness (QED) is 0.719. The summed E-state index contributed by atoms with van der Waals surface area (Å²) in [5.74, 6) is -0.380. The third kappa shape index (κ3) is 38.4. The van der Waals surface area contributed by atoms with Crippen LogP contribution < -0.4 is 11.1 Å². The number of carbonyl (C=O) groups excluding carboxylic acids is 2. The van der Waals surface area contributed by atoms with Crippen LogP contribution in [0.5, 0.6) is 0 Å². The fourth-order valence-corrected chi connectivity index (χ4v) is 0.412. The summed E-state index contributed by atoms with van der Waals surface area (Å²) >= 11 is 0. The zero-order valence-corrected chi connectivity index (χ0v) is 13.9. The van der Waals surface area contributed by atoms with Crippen molar-refractivity contribution >= 4 is 12.1 Å². The molecule has 0 saturated heterocycles. The van der Waals surface area contributed by atoms with Crippen LogP contribution in [0.25, 0.3) is 0 Å². The second kappa shape index (κ2) is 19.0. The van der Waals surface area contributed by atoms with E-state index in [1.54, 1.807) is 0 Å². The smallest absolute Gasteiger partial charge is 0.407 e. The topological polar surface area (TPSA) is 90.6 Å². The fraction of sp³-hybridized carbons (Fsp3) is 0.846. The maximum atomic E-state index is 10.5. The number of carbonyl (C=O) groups is 2. The number of rotatable bonds is 1. The van der Waals surface area contributed by atoms with E-state index in [9.17, 15) is 9.59 Å². The van der Waals surface area contributed by atoms with Crippen LogP contribution in [-0.2, 0) is 14.3 Å². The number of hydrogen-bond acceptors (Lipinski definition) is 5. The van der Waals surface area contributed by atoms with Crippen LogP contribution in [-0.4, -0.2) is 38.4 Å². The first-order valence-electron chi connectivity index (χ1n) is 6.44. The molecule has 0 rings (SSSR count). The summed E-state index contributed by atoms with van der Waals surface area (Å²) in [7, 11) is 2.84. The van der Waals surface area contributed by atoms with Crippen LogP contribution in [0.1, 0.15) is 48.5 Å². The zero-order chi connectivity index (χ0) is 16.5. The molecular formula is C13H32N2O4. The van der Waals surface area contributed by atoms with Gasteiger partial charge in [-0.1, -0.05) is 27.7 Å². The van der Waals surface area contributed by atoms with Gasteiger partial charge in [0.15, 0.2) is 0 Å². The van der Waals surface area contributed by atoms with Gasteiger partial charge >= 0.3 is 12.1 Å². The van der Waals surface area contributed by atoms with Gasteiger partial charge in [0.2, 0.25) is 0 Å². The van der Waals surface area contributed by atoms with Gasteiger partial charge in [0.1, 0.15) is 5.60 Å². The highest BCUT2D eigenvalue weighted by Crippen LogP contribution is 2.05. The SMILES string of the molecule is CC.CC.CNC(=O)OC(C)(C)C.COC(=O)CN. The van der Waals surface area contributed by atoms with E-state index in [0.717, 1.165) is 0 Å². The third-order valence-electron chi connectivity index (χ3n) is 0.997. The first-order valence-corrected chi connectivity index (χ1v) is 6.44. The zero-order valence-electron chi connectivity index (χ0n) is 13.9. The molecular weight excluding hydrogens is 248 g/mol. The van der Waals surface area contributed by atoms with Crippen LogP contribution in [0, 0.1) is 0 Å². The molecule has 1 amide bonds. The van der Waals surface area contributed by atoms with Crippen LogP contribution in [0.4, 0.5) is 4.79 Å². The van der Waals surface area contributed by atoms with Gasteiger partial charge in [-0.25, -0.2) is 4.79 Å². The molecule has 0 aliphatic rings. The van der Waals surface area contributed by atoms with Crippen molar-refractivity contribution < 1.29 is 19.1 Å². The van der Waals surface area contributed by atoms with E-state index in [-0.39, 0.29) is 24.2 Å². The average Bonchev–Trinajstić information content (AvgIpc) is 2.41. The molecule has 3 N–H and O–H groups in total. The molecule has 0 radical (unpaired) electrons. The summed E-state index contributed by atoms with van der Waals surface area (Å²) in [5, 5.41) is 2.36. The van der Waals surface area contributed by atoms with Crippen LogP contribution in [0.15, 0.2) is 0 Å². The van der Waals surface area contributed by atoms with E-state index < -0.39 is 0 Å². The summed E-state index contributed by atoms with van der Waals surface area (Å²) in [6.45, 7) is 13.4. The molecule has 6 nitrogen and oxygen atoms in total. The molecule has 0 aromatic heterocycles. The molecule has 0 fully saturated rings. The van der Waals surface area contributed by atoms with E-state index in [0.29, 0.717) is 0 Å². The van der Waals surface area contributed by atoms with Crippen molar-refractivity contribution in [2.24, 2.45) is 5.73 Å². The van der Waals surface area contributed by atoms with E-state index in [1.165, 1.54) is 14.2 Å². The normalized spacial score (nSPS) is 8.11. The lowest BCUT2D eigenvalue weighted by Gasteiger charge is -2.18. The average molecular weight is 280 g/mol.